The number of alkyl halides is 3. The molecule has 2 rings (SSSR count). The summed E-state index contributed by atoms with van der Waals surface area (Å²) in [4.78, 5) is 1.62. The predicted octanol–water partition coefficient (Wildman–Crippen LogP) is 1.39. The zero-order valence-electron chi connectivity index (χ0n) is 9.80. The van der Waals surface area contributed by atoms with Gasteiger partial charge in [0.05, 0.1) is 13.2 Å². The summed E-state index contributed by atoms with van der Waals surface area (Å²) in [6.07, 6.45) is -1.80. The Morgan fingerprint density at radius 3 is 2.35 bits per heavy atom. The van der Waals surface area contributed by atoms with Crippen LogP contribution in [0.5, 0.6) is 0 Å². The van der Waals surface area contributed by atoms with E-state index >= 15 is 0 Å². The van der Waals surface area contributed by atoms with Crippen molar-refractivity contribution in [1.82, 2.24) is 10.2 Å². The number of ether oxygens (including phenoxy) is 1. The first-order valence-corrected chi connectivity index (χ1v) is 6.17. The van der Waals surface area contributed by atoms with Gasteiger partial charge in [-0.25, -0.2) is 0 Å². The smallest absolute Gasteiger partial charge is 0.380 e. The Hall–Kier alpha value is -0.330. The van der Waals surface area contributed by atoms with Gasteiger partial charge in [0.2, 0.25) is 0 Å². The van der Waals surface area contributed by atoms with Gasteiger partial charge >= 0.3 is 6.18 Å². The van der Waals surface area contributed by atoms with Crippen molar-refractivity contribution in [3.05, 3.63) is 0 Å². The summed E-state index contributed by atoms with van der Waals surface area (Å²) >= 11 is 0. The lowest BCUT2D eigenvalue weighted by Crippen LogP contribution is -2.51. The molecule has 100 valence electrons. The maximum atomic E-state index is 12.6. The highest BCUT2D eigenvalue weighted by Crippen LogP contribution is 2.26. The molecule has 0 amide bonds. The van der Waals surface area contributed by atoms with E-state index in [1.54, 1.807) is 4.90 Å². The summed E-state index contributed by atoms with van der Waals surface area (Å²) in [7, 11) is 0. The third kappa shape index (κ3) is 3.82. The lowest BCUT2D eigenvalue weighted by atomic mass is 10.0. The summed E-state index contributed by atoms with van der Waals surface area (Å²) in [6.45, 7) is 1.86. The van der Waals surface area contributed by atoms with Gasteiger partial charge in [-0.15, -0.1) is 0 Å². The molecule has 0 aromatic heterocycles. The van der Waals surface area contributed by atoms with E-state index in [0.29, 0.717) is 13.2 Å². The number of nitrogens with one attached hydrogen (secondary N) is 1. The van der Waals surface area contributed by atoms with E-state index in [4.69, 9.17) is 4.74 Å². The molecule has 2 saturated heterocycles. The number of halogens is 3. The highest BCUT2D eigenvalue weighted by Gasteiger charge is 2.38. The topological polar surface area (TPSA) is 24.5 Å². The van der Waals surface area contributed by atoms with Crippen LogP contribution < -0.4 is 5.32 Å². The largest absolute Gasteiger partial charge is 0.401 e. The zero-order chi connectivity index (χ0) is 12.3. The molecule has 1 atom stereocenters. The minimum atomic E-state index is -4.12. The summed E-state index contributed by atoms with van der Waals surface area (Å²) in [5.74, 6) is 0. The average molecular weight is 252 g/mol. The van der Waals surface area contributed by atoms with Crippen molar-refractivity contribution in [1.29, 1.82) is 0 Å². The lowest BCUT2D eigenvalue weighted by molar-refractivity contribution is -0.158. The van der Waals surface area contributed by atoms with E-state index in [9.17, 15) is 13.2 Å². The summed E-state index contributed by atoms with van der Waals surface area (Å²) in [5, 5.41) is 3.18. The van der Waals surface area contributed by atoms with Gasteiger partial charge in [-0.1, -0.05) is 0 Å². The van der Waals surface area contributed by atoms with Crippen LogP contribution in [0, 0.1) is 0 Å². The molecule has 0 bridgehead atoms. The Kier molecular flexibility index (Phi) is 4.27. The van der Waals surface area contributed by atoms with Gasteiger partial charge in [-0.2, -0.15) is 13.2 Å². The predicted molar refractivity (Wildman–Crippen MR) is 57.9 cm³/mol. The van der Waals surface area contributed by atoms with Crippen LogP contribution in [0.2, 0.25) is 0 Å². The van der Waals surface area contributed by atoms with E-state index in [2.05, 4.69) is 5.32 Å². The minimum Gasteiger partial charge on any atom is -0.380 e. The van der Waals surface area contributed by atoms with Gasteiger partial charge in [0.1, 0.15) is 0 Å². The molecule has 2 heterocycles. The molecule has 6 heteroatoms. The Balaban J connectivity index is 1.99. The van der Waals surface area contributed by atoms with Crippen LogP contribution in [0.1, 0.15) is 19.3 Å². The monoisotopic (exact) mass is 252 g/mol. The van der Waals surface area contributed by atoms with Gasteiger partial charge in [0, 0.05) is 18.7 Å². The van der Waals surface area contributed by atoms with Gasteiger partial charge in [0.15, 0.2) is 0 Å². The third-order valence-corrected chi connectivity index (χ3v) is 3.51. The van der Waals surface area contributed by atoms with E-state index in [1.807, 2.05) is 0 Å². The second kappa shape index (κ2) is 5.54. The first-order valence-electron chi connectivity index (χ1n) is 6.17. The fourth-order valence-electron chi connectivity index (χ4n) is 2.69. The van der Waals surface area contributed by atoms with Gasteiger partial charge in [-0.3, -0.25) is 4.90 Å². The van der Waals surface area contributed by atoms with Crippen molar-refractivity contribution in [3.8, 4) is 0 Å². The molecule has 1 unspecified atom stereocenters. The highest BCUT2D eigenvalue weighted by atomic mass is 19.4. The molecule has 0 aromatic rings. The zero-order valence-corrected chi connectivity index (χ0v) is 9.80. The summed E-state index contributed by atoms with van der Waals surface area (Å²) < 4.78 is 43.1. The first-order chi connectivity index (χ1) is 8.06. The molecule has 0 saturated carbocycles. The van der Waals surface area contributed by atoms with Crippen molar-refractivity contribution < 1.29 is 17.9 Å². The fourth-order valence-corrected chi connectivity index (χ4v) is 2.69. The van der Waals surface area contributed by atoms with Crippen LogP contribution in [0.3, 0.4) is 0 Å². The van der Waals surface area contributed by atoms with Crippen LogP contribution >= 0.6 is 0 Å². The Morgan fingerprint density at radius 1 is 1.12 bits per heavy atom. The Labute approximate surface area is 99.3 Å². The molecule has 0 spiro atoms. The molecule has 0 aliphatic carbocycles. The minimum absolute atomic E-state index is 0.0459. The molecule has 0 radical (unpaired) electrons. The summed E-state index contributed by atoms with van der Waals surface area (Å²) in [5.41, 5.74) is 0. The van der Waals surface area contributed by atoms with Gasteiger partial charge < -0.3 is 10.1 Å². The fraction of sp³-hybridized carbons (Fsp3) is 1.00. The molecular weight excluding hydrogens is 233 g/mol. The van der Waals surface area contributed by atoms with Crippen molar-refractivity contribution >= 4 is 0 Å². The molecule has 2 fully saturated rings. The van der Waals surface area contributed by atoms with Crippen molar-refractivity contribution in [2.24, 2.45) is 0 Å². The molecular formula is C11H19F3N2O. The van der Waals surface area contributed by atoms with Crippen LogP contribution in [-0.4, -0.2) is 56.0 Å². The van der Waals surface area contributed by atoms with Crippen LogP contribution in [-0.2, 0) is 4.74 Å². The highest BCUT2D eigenvalue weighted by molar-refractivity contribution is 4.86. The molecule has 17 heavy (non-hydrogen) atoms. The van der Waals surface area contributed by atoms with Crippen LogP contribution in [0.15, 0.2) is 0 Å². The van der Waals surface area contributed by atoms with E-state index in [-0.39, 0.29) is 12.1 Å². The quantitative estimate of drug-likeness (QED) is 0.821. The molecule has 2 aliphatic rings. The van der Waals surface area contributed by atoms with Gasteiger partial charge in [0.25, 0.3) is 0 Å². The number of hydrogen-bond donors (Lipinski definition) is 1. The Morgan fingerprint density at radius 2 is 1.82 bits per heavy atom. The molecule has 0 aromatic carbocycles. The van der Waals surface area contributed by atoms with Crippen molar-refractivity contribution in [3.63, 3.8) is 0 Å². The second-order valence-corrected chi connectivity index (χ2v) is 4.79. The summed E-state index contributed by atoms with van der Waals surface area (Å²) in [6, 6.07) is -0.00991. The van der Waals surface area contributed by atoms with Crippen LogP contribution in [0.4, 0.5) is 13.2 Å². The molecule has 3 nitrogen and oxygen atoms in total. The Bertz CT molecular complexity index is 235. The van der Waals surface area contributed by atoms with E-state index in [0.717, 1.165) is 32.4 Å². The maximum Gasteiger partial charge on any atom is 0.401 e. The van der Waals surface area contributed by atoms with E-state index < -0.39 is 12.7 Å². The average Bonchev–Trinajstić information content (AvgIpc) is 2.79. The number of piperidine rings is 1. The van der Waals surface area contributed by atoms with E-state index in [1.165, 1.54) is 0 Å². The van der Waals surface area contributed by atoms with Crippen LogP contribution in [0.25, 0.3) is 0 Å². The standard InChI is InChI=1S/C11H19F3N2O/c12-11(13,14)8-16(10-3-6-17-7-10)9-1-4-15-5-2-9/h9-10,15H,1-8H2. The maximum absolute atomic E-state index is 12.6. The number of hydrogen-bond acceptors (Lipinski definition) is 3. The van der Waals surface area contributed by atoms with Crippen molar-refractivity contribution in [2.45, 2.75) is 37.5 Å². The first kappa shape index (κ1) is 13.1. The second-order valence-electron chi connectivity index (χ2n) is 4.79. The molecule has 2 aliphatic heterocycles. The number of nitrogens with zero attached hydrogens (tertiary/aromatic N) is 1. The normalized spacial score (nSPS) is 27.9. The van der Waals surface area contributed by atoms with Crippen molar-refractivity contribution in [2.75, 3.05) is 32.8 Å². The SMILES string of the molecule is FC(F)(F)CN(C1CCNCC1)C1CCOC1. The third-order valence-electron chi connectivity index (χ3n) is 3.51. The van der Waals surface area contributed by atoms with Gasteiger partial charge in [-0.05, 0) is 32.4 Å². The lowest BCUT2D eigenvalue weighted by Gasteiger charge is -2.38. The number of rotatable bonds is 3. The molecule has 1 N–H and O–H groups in total.